The molecule has 3 heteroatoms. The standard InChI is InChI=1S/C15H23FN2/c1-3-12-5-4-8-18(12)15(10-17)13-9-11(2)6-7-14(13)16/h6-7,9,12,15H,3-5,8,10,17H2,1-2H3. The Morgan fingerprint density at radius 2 is 2.28 bits per heavy atom. The van der Waals surface area contributed by atoms with Crippen molar-refractivity contribution in [1.29, 1.82) is 0 Å². The third-order valence-corrected chi connectivity index (χ3v) is 4.03. The number of hydrogen-bond acceptors (Lipinski definition) is 2. The highest BCUT2D eigenvalue weighted by Gasteiger charge is 2.30. The van der Waals surface area contributed by atoms with Crippen LogP contribution in [0, 0.1) is 12.7 Å². The molecule has 1 aromatic carbocycles. The summed E-state index contributed by atoms with van der Waals surface area (Å²) in [5, 5.41) is 0. The Labute approximate surface area is 109 Å². The first-order chi connectivity index (χ1) is 8.67. The van der Waals surface area contributed by atoms with Crippen LogP contribution in [0.2, 0.25) is 0 Å². The largest absolute Gasteiger partial charge is 0.329 e. The van der Waals surface area contributed by atoms with E-state index in [1.807, 2.05) is 19.1 Å². The topological polar surface area (TPSA) is 29.3 Å². The number of aryl methyl sites for hydroxylation is 1. The van der Waals surface area contributed by atoms with E-state index >= 15 is 0 Å². The fraction of sp³-hybridized carbons (Fsp3) is 0.600. The van der Waals surface area contributed by atoms with Crippen LogP contribution in [0.5, 0.6) is 0 Å². The van der Waals surface area contributed by atoms with Crippen molar-refractivity contribution >= 4 is 0 Å². The number of nitrogens with two attached hydrogens (primary N) is 1. The first-order valence-corrected chi connectivity index (χ1v) is 6.89. The van der Waals surface area contributed by atoms with Crippen LogP contribution in [-0.2, 0) is 0 Å². The maximum atomic E-state index is 14.0. The highest BCUT2D eigenvalue weighted by molar-refractivity contribution is 5.27. The second-order valence-corrected chi connectivity index (χ2v) is 5.22. The number of rotatable bonds is 4. The molecule has 0 amide bonds. The molecule has 0 saturated carbocycles. The van der Waals surface area contributed by atoms with Crippen LogP contribution in [-0.4, -0.2) is 24.0 Å². The highest BCUT2D eigenvalue weighted by atomic mass is 19.1. The molecule has 1 aromatic rings. The predicted molar refractivity (Wildman–Crippen MR) is 73.0 cm³/mol. The molecular weight excluding hydrogens is 227 g/mol. The fourth-order valence-corrected chi connectivity index (χ4v) is 3.07. The number of benzene rings is 1. The van der Waals surface area contributed by atoms with Crippen LogP contribution in [0.1, 0.15) is 43.4 Å². The molecule has 100 valence electrons. The lowest BCUT2D eigenvalue weighted by Crippen LogP contribution is -2.37. The number of nitrogens with zero attached hydrogens (tertiary/aromatic N) is 1. The molecule has 0 radical (unpaired) electrons. The molecule has 1 aliphatic heterocycles. The van der Waals surface area contributed by atoms with Gasteiger partial charge >= 0.3 is 0 Å². The maximum Gasteiger partial charge on any atom is 0.128 e. The van der Waals surface area contributed by atoms with Crippen LogP contribution in [0.3, 0.4) is 0 Å². The summed E-state index contributed by atoms with van der Waals surface area (Å²) < 4.78 is 14.0. The molecule has 1 saturated heterocycles. The van der Waals surface area contributed by atoms with Crippen LogP contribution < -0.4 is 5.73 Å². The second kappa shape index (κ2) is 5.81. The highest BCUT2D eigenvalue weighted by Crippen LogP contribution is 2.31. The second-order valence-electron chi connectivity index (χ2n) is 5.22. The van der Waals surface area contributed by atoms with E-state index in [1.54, 1.807) is 6.07 Å². The zero-order valence-electron chi connectivity index (χ0n) is 11.3. The van der Waals surface area contributed by atoms with E-state index in [4.69, 9.17) is 5.73 Å². The van der Waals surface area contributed by atoms with Gasteiger partial charge in [0.05, 0.1) is 6.04 Å². The average Bonchev–Trinajstić information content (AvgIpc) is 2.83. The van der Waals surface area contributed by atoms with Crippen LogP contribution in [0.15, 0.2) is 18.2 Å². The van der Waals surface area contributed by atoms with Crippen LogP contribution in [0.25, 0.3) is 0 Å². The quantitative estimate of drug-likeness (QED) is 0.890. The third kappa shape index (κ3) is 2.57. The van der Waals surface area contributed by atoms with Gasteiger partial charge in [-0.3, -0.25) is 4.90 Å². The fourth-order valence-electron chi connectivity index (χ4n) is 3.07. The molecule has 2 unspecified atom stereocenters. The SMILES string of the molecule is CCC1CCCN1C(CN)c1cc(C)ccc1F. The Morgan fingerprint density at radius 1 is 1.50 bits per heavy atom. The number of likely N-dealkylation sites (tertiary alicyclic amines) is 1. The van der Waals surface area contributed by atoms with Crippen molar-refractivity contribution < 1.29 is 4.39 Å². The lowest BCUT2D eigenvalue weighted by molar-refractivity contribution is 0.177. The number of halogens is 1. The summed E-state index contributed by atoms with van der Waals surface area (Å²) in [4.78, 5) is 2.39. The number of hydrogen-bond donors (Lipinski definition) is 1. The first-order valence-electron chi connectivity index (χ1n) is 6.89. The van der Waals surface area contributed by atoms with Gasteiger partial charge in [-0.05, 0) is 38.8 Å². The molecule has 0 aliphatic carbocycles. The predicted octanol–water partition coefficient (Wildman–Crippen LogP) is 3.01. The van der Waals surface area contributed by atoms with Gasteiger partial charge in [0.15, 0.2) is 0 Å². The monoisotopic (exact) mass is 250 g/mol. The molecular formula is C15H23FN2. The molecule has 2 atom stereocenters. The summed E-state index contributed by atoms with van der Waals surface area (Å²) >= 11 is 0. The van der Waals surface area contributed by atoms with Gasteiger partial charge in [-0.2, -0.15) is 0 Å². The molecule has 2 N–H and O–H groups in total. The van der Waals surface area contributed by atoms with E-state index in [2.05, 4.69) is 11.8 Å². The van der Waals surface area contributed by atoms with Crippen molar-refractivity contribution in [2.24, 2.45) is 5.73 Å². The molecule has 2 nitrogen and oxygen atoms in total. The zero-order chi connectivity index (χ0) is 13.1. The summed E-state index contributed by atoms with van der Waals surface area (Å²) in [6.07, 6.45) is 3.52. The van der Waals surface area contributed by atoms with Crippen LogP contribution >= 0.6 is 0 Å². The van der Waals surface area contributed by atoms with E-state index in [-0.39, 0.29) is 11.9 Å². The minimum atomic E-state index is -0.127. The van der Waals surface area contributed by atoms with Gasteiger partial charge in [-0.25, -0.2) is 4.39 Å². The molecule has 0 aromatic heterocycles. The molecule has 1 aliphatic rings. The summed E-state index contributed by atoms with van der Waals surface area (Å²) in [6, 6.07) is 5.89. The first kappa shape index (κ1) is 13.5. The van der Waals surface area contributed by atoms with Crippen molar-refractivity contribution in [1.82, 2.24) is 4.90 Å². The van der Waals surface area contributed by atoms with Crippen molar-refractivity contribution in [3.05, 3.63) is 35.1 Å². The van der Waals surface area contributed by atoms with Crippen molar-refractivity contribution in [2.75, 3.05) is 13.1 Å². The minimum Gasteiger partial charge on any atom is -0.329 e. The summed E-state index contributed by atoms with van der Waals surface area (Å²) in [5.41, 5.74) is 7.77. The van der Waals surface area contributed by atoms with Gasteiger partial charge in [-0.1, -0.05) is 24.6 Å². The van der Waals surface area contributed by atoms with E-state index in [0.29, 0.717) is 12.6 Å². The van der Waals surface area contributed by atoms with Crippen molar-refractivity contribution in [3.63, 3.8) is 0 Å². The third-order valence-electron chi connectivity index (χ3n) is 4.03. The van der Waals surface area contributed by atoms with E-state index in [9.17, 15) is 4.39 Å². The van der Waals surface area contributed by atoms with Gasteiger partial charge in [-0.15, -0.1) is 0 Å². The van der Waals surface area contributed by atoms with Gasteiger partial charge in [0.2, 0.25) is 0 Å². The molecule has 0 bridgehead atoms. The smallest absolute Gasteiger partial charge is 0.128 e. The van der Waals surface area contributed by atoms with Crippen LogP contribution in [0.4, 0.5) is 4.39 Å². The molecule has 1 heterocycles. The molecule has 0 spiro atoms. The van der Waals surface area contributed by atoms with Crippen molar-refractivity contribution in [3.8, 4) is 0 Å². The lowest BCUT2D eigenvalue weighted by atomic mass is 10.0. The lowest BCUT2D eigenvalue weighted by Gasteiger charge is -2.32. The Balaban J connectivity index is 2.30. The average molecular weight is 250 g/mol. The Bertz CT molecular complexity index is 405. The van der Waals surface area contributed by atoms with E-state index in [0.717, 1.165) is 24.1 Å². The molecule has 1 fully saturated rings. The van der Waals surface area contributed by atoms with Crippen molar-refractivity contribution in [2.45, 2.75) is 45.2 Å². The maximum absolute atomic E-state index is 14.0. The van der Waals surface area contributed by atoms with Gasteiger partial charge < -0.3 is 5.73 Å². The van der Waals surface area contributed by atoms with E-state index in [1.165, 1.54) is 12.8 Å². The molecule has 18 heavy (non-hydrogen) atoms. The van der Waals surface area contributed by atoms with Gasteiger partial charge in [0.25, 0.3) is 0 Å². The van der Waals surface area contributed by atoms with E-state index < -0.39 is 0 Å². The van der Waals surface area contributed by atoms with Gasteiger partial charge in [0, 0.05) is 18.2 Å². The minimum absolute atomic E-state index is 0.0253. The molecule has 2 rings (SSSR count). The Hall–Kier alpha value is -0.930. The summed E-state index contributed by atoms with van der Waals surface area (Å²) in [6.45, 7) is 5.71. The summed E-state index contributed by atoms with van der Waals surface area (Å²) in [5.74, 6) is -0.127. The zero-order valence-corrected chi connectivity index (χ0v) is 11.3. The Morgan fingerprint density at radius 3 is 2.94 bits per heavy atom. The normalized spacial score (nSPS) is 22.3. The summed E-state index contributed by atoms with van der Waals surface area (Å²) in [7, 11) is 0. The Kier molecular flexibility index (Phi) is 4.36. The van der Waals surface area contributed by atoms with Gasteiger partial charge in [0.1, 0.15) is 5.82 Å².